The van der Waals surface area contributed by atoms with E-state index in [9.17, 15) is 4.79 Å². The second-order valence-electron chi connectivity index (χ2n) is 8.09. The van der Waals surface area contributed by atoms with Gasteiger partial charge in [0.05, 0.1) is 17.5 Å². The lowest BCUT2D eigenvalue weighted by atomic mass is 10.1. The van der Waals surface area contributed by atoms with E-state index in [-0.39, 0.29) is 5.56 Å². The molecule has 0 fully saturated rings. The van der Waals surface area contributed by atoms with Crippen molar-refractivity contribution in [3.8, 4) is 17.1 Å². The van der Waals surface area contributed by atoms with Crippen LogP contribution in [0.3, 0.4) is 0 Å². The predicted octanol–water partition coefficient (Wildman–Crippen LogP) is 6.58. The minimum atomic E-state index is -0.00724. The highest BCUT2D eigenvalue weighted by Crippen LogP contribution is 2.22. The van der Waals surface area contributed by atoms with E-state index in [1.54, 1.807) is 4.57 Å². The minimum absolute atomic E-state index is 0.00724. The molecule has 3 aromatic carbocycles. The summed E-state index contributed by atoms with van der Waals surface area (Å²) in [5, 5.41) is 1.30. The number of hydrogen-bond donors (Lipinski definition) is 0. The number of rotatable bonds is 8. The maximum atomic E-state index is 13.2. The van der Waals surface area contributed by atoms with Crippen LogP contribution in [-0.2, 0) is 6.54 Å². The standard InChI is InChI=1S/C27H27ClN2O2/c1-19-10-11-20(2)25(18-19)32-17-7-3-6-16-30-26(21-12-14-22(28)15-13-21)29-24-9-5-4-8-23(24)27(30)31/h4-5,8-15,18H,3,6-7,16-17H2,1-2H3. The number of hydrogen-bond acceptors (Lipinski definition) is 3. The fraction of sp³-hybridized carbons (Fsp3) is 0.259. The molecule has 0 aliphatic rings. The van der Waals surface area contributed by atoms with E-state index in [1.165, 1.54) is 5.56 Å². The SMILES string of the molecule is Cc1ccc(C)c(OCCCCCn2c(-c3ccc(Cl)cc3)nc3ccccc3c2=O)c1. The molecule has 0 atom stereocenters. The van der Waals surface area contributed by atoms with Crippen molar-refractivity contribution in [1.82, 2.24) is 9.55 Å². The van der Waals surface area contributed by atoms with Crippen LogP contribution >= 0.6 is 11.6 Å². The van der Waals surface area contributed by atoms with Gasteiger partial charge < -0.3 is 4.74 Å². The summed E-state index contributed by atoms with van der Waals surface area (Å²) < 4.78 is 7.75. The first-order valence-electron chi connectivity index (χ1n) is 11.0. The van der Waals surface area contributed by atoms with Crippen molar-refractivity contribution in [3.63, 3.8) is 0 Å². The fourth-order valence-electron chi connectivity index (χ4n) is 3.79. The molecule has 0 aliphatic heterocycles. The zero-order chi connectivity index (χ0) is 22.5. The van der Waals surface area contributed by atoms with Crippen LogP contribution in [-0.4, -0.2) is 16.2 Å². The van der Waals surface area contributed by atoms with E-state index in [1.807, 2.05) is 48.5 Å². The van der Waals surface area contributed by atoms with Gasteiger partial charge in [-0.3, -0.25) is 9.36 Å². The topological polar surface area (TPSA) is 44.1 Å². The van der Waals surface area contributed by atoms with Gasteiger partial charge in [0.2, 0.25) is 0 Å². The van der Waals surface area contributed by atoms with Gasteiger partial charge in [-0.05, 0) is 86.7 Å². The Labute approximate surface area is 193 Å². The highest BCUT2D eigenvalue weighted by Gasteiger charge is 2.12. The number of aromatic nitrogens is 2. The van der Waals surface area contributed by atoms with Crippen LogP contribution in [0.4, 0.5) is 0 Å². The van der Waals surface area contributed by atoms with E-state index in [2.05, 4.69) is 32.0 Å². The number of nitrogens with zero attached hydrogens (tertiary/aromatic N) is 2. The molecule has 0 saturated heterocycles. The number of fused-ring (bicyclic) bond motifs is 1. The fourth-order valence-corrected chi connectivity index (χ4v) is 3.91. The molecular weight excluding hydrogens is 420 g/mol. The number of benzene rings is 3. The highest BCUT2D eigenvalue weighted by molar-refractivity contribution is 6.30. The lowest BCUT2D eigenvalue weighted by molar-refractivity contribution is 0.301. The van der Waals surface area contributed by atoms with Crippen molar-refractivity contribution in [2.24, 2.45) is 0 Å². The van der Waals surface area contributed by atoms with Gasteiger partial charge in [0, 0.05) is 17.1 Å². The van der Waals surface area contributed by atoms with Crippen molar-refractivity contribution in [2.45, 2.75) is 39.7 Å². The summed E-state index contributed by atoms with van der Waals surface area (Å²) in [4.78, 5) is 18.0. The normalized spacial score (nSPS) is 11.1. The van der Waals surface area contributed by atoms with Gasteiger partial charge >= 0.3 is 0 Å². The molecule has 0 aliphatic carbocycles. The third-order valence-electron chi connectivity index (χ3n) is 5.59. The molecule has 32 heavy (non-hydrogen) atoms. The van der Waals surface area contributed by atoms with Gasteiger partial charge in [0.25, 0.3) is 5.56 Å². The van der Waals surface area contributed by atoms with Crippen LogP contribution in [0.1, 0.15) is 30.4 Å². The molecule has 4 rings (SSSR count). The smallest absolute Gasteiger partial charge is 0.261 e. The Kier molecular flexibility index (Phi) is 6.91. The molecule has 0 N–H and O–H groups in total. The molecule has 0 saturated carbocycles. The highest BCUT2D eigenvalue weighted by atomic mass is 35.5. The van der Waals surface area contributed by atoms with E-state index < -0.39 is 0 Å². The van der Waals surface area contributed by atoms with Gasteiger partial charge in [-0.2, -0.15) is 0 Å². The van der Waals surface area contributed by atoms with Crippen molar-refractivity contribution >= 4 is 22.5 Å². The summed E-state index contributed by atoms with van der Waals surface area (Å²) in [6.45, 7) is 5.41. The average molecular weight is 447 g/mol. The summed E-state index contributed by atoms with van der Waals surface area (Å²) in [6, 6.07) is 21.2. The summed E-state index contributed by atoms with van der Waals surface area (Å²) in [5.74, 6) is 1.63. The lowest BCUT2D eigenvalue weighted by Gasteiger charge is -2.14. The number of aryl methyl sites for hydroxylation is 2. The number of para-hydroxylation sites is 1. The van der Waals surface area contributed by atoms with Crippen LogP contribution in [0.15, 0.2) is 71.5 Å². The van der Waals surface area contributed by atoms with Gasteiger partial charge in [-0.15, -0.1) is 0 Å². The lowest BCUT2D eigenvalue weighted by Crippen LogP contribution is -2.23. The molecule has 5 heteroatoms. The first kappa shape index (κ1) is 22.1. The van der Waals surface area contributed by atoms with Crippen molar-refractivity contribution in [2.75, 3.05) is 6.61 Å². The van der Waals surface area contributed by atoms with E-state index >= 15 is 0 Å². The second-order valence-corrected chi connectivity index (χ2v) is 8.53. The van der Waals surface area contributed by atoms with E-state index in [0.717, 1.165) is 36.1 Å². The Hall–Kier alpha value is -3.11. The molecule has 0 amide bonds. The van der Waals surface area contributed by atoms with Gasteiger partial charge in [0.15, 0.2) is 0 Å². The molecule has 4 aromatic rings. The number of unbranched alkanes of at least 4 members (excludes halogenated alkanes) is 2. The maximum absolute atomic E-state index is 13.2. The van der Waals surface area contributed by atoms with Crippen molar-refractivity contribution < 1.29 is 4.74 Å². The average Bonchev–Trinajstić information content (AvgIpc) is 2.80. The second kappa shape index (κ2) is 10.0. The molecule has 0 radical (unpaired) electrons. The van der Waals surface area contributed by atoms with Gasteiger partial charge in [-0.1, -0.05) is 35.9 Å². The summed E-state index contributed by atoms with van der Waals surface area (Å²) in [6.07, 6.45) is 2.76. The summed E-state index contributed by atoms with van der Waals surface area (Å²) in [7, 11) is 0. The zero-order valence-corrected chi connectivity index (χ0v) is 19.2. The number of halogens is 1. The Morgan fingerprint density at radius 1 is 0.938 bits per heavy atom. The largest absolute Gasteiger partial charge is 0.493 e. The Bertz CT molecular complexity index is 1280. The Morgan fingerprint density at radius 2 is 1.72 bits per heavy atom. The Balaban J connectivity index is 1.46. The first-order valence-corrected chi connectivity index (χ1v) is 11.4. The molecule has 1 aromatic heterocycles. The van der Waals surface area contributed by atoms with Crippen LogP contribution in [0, 0.1) is 13.8 Å². The van der Waals surface area contributed by atoms with Crippen molar-refractivity contribution in [3.05, 3.63) is 93.2 Å². The molecule has 1 heterocycles. The van der Waals surface area contributed by atoms with Gasteiger partial charge in [0.1, 0.15) is 11.6 Å². The quantitative estimate of drug-likeness (QED) is 0.287. The number of ether oxygens (including phenoxy) is 1. The third-order valence-corrected chi connectivity index (χ3v) is 5.84. The van der Waals surface area contributed by atoms with E-state index in [4.69, 9.17) is 21.3 Å². The Morgan fingerprint density at radius 3 is 2.53 bits per heavy atom. The van der Waals surface area contributed by atoms with Crippen LogP contribution < -0.4 is 10.3 Å². The molecule has 0 spiro atoms. The minimum Gasteiger partial charge on any atom is -0.493 e. The molecule has 164 valence electrons. The zero-order valence-electron chi connectivity index (χ0n) is 18.5. The van der Waals surface area contributed by atoms with E-state index in [0.29, 0.717) is 34.9 Å². The summed E-state index contributed by atoms with van der Waals surface area (Å²) >= 11 is 6.06. The maximum Gasteiger partial charge on any atom is 0.261 e. The van der Waals surface area contributed by atoms with Gasteiger partial charge in [-0.25, -0.2) is 4.98 Å². The molecular formula is C27H27ClN2O2. The van der Waals surface area contributed by atoms with Crippen LogP contribution in [0.5, 0.6) is 5.75 Å². The monoisotopic (exact) mass is 446 g/mol. The van der Waals surface area contributed by atoms with Crippen LogP contribution in [0.25, 0.3) is 22.3 Å². The molecule has 0 unspecified atom stereocenters. The first-order chi connectivity index (χ1) is 15.5. The summed E-state index contributed by atoms with van der Waals surface area (Å²) in [5.41, 5.74) is 3.93. The molecule has 4 nitrogen and oxygen atoms in total. The third kappa shape index (κ3) is 5.03. The van der Waals surface area contributed by atoms with Crippen LogP contribution in [0.2, 0.25) is 5.02 Å². The molecule has 0 bridgehead atoms. The predicted molar refractivity (Wildman–Crippen MR) is 132 cm³/mol. The van der Waals surface area contributed by atoms with Crippen molar-refractivity contribution in [1.29, 1.82) is 0 Å².